The highest BCUT2D eigenvalue weighted by molar-refractivity contribution is 5.30. The fourth-order valence-corrected chi connectivity index (χ4v) is 2.80. The number of aromatic nitrogens is 1. The molecule has 4 heteroatoms. The van der Waals surface area contributed by atoms with Gasteiger partial charge in [0, 0.05) is 24.3 Å². The minimum Gasteiger partial charge on any atom is -0.313 e. The van der Waals surface area contributed by atoms with E-state index in [1.165, 1.54) is 32.4 Å². The number of pyridine rings is 1. The summed E-state index contributed by atoms with van der Waals surface area (Å²) >= 11 is 0. The molecule has 1 aliphatic rings. The number of hydrogen-bond donors (Lipinski definition) is 1. The molecule has 1 aliphatic heterocycles. The van der Waals surface area contributed by atoms with Gasteiger partial charge in [-0.1, -0.05) is 12.5 Å². The van der Waals surface area contributed by atoms with E-state index in [4.69, 9.17) is 5.26 Å². The van der Waals surface area contributed by atoms with Crippen LogP contribution in [0.15, 0.2) is 18.3 Å². The minimum absolute atomic E-state index is 0.532. The number of nitrogens with zero attached hydrogens (tertiary/aromatic N) is 3. The summed E-state index contributed by atoms with van der Waals surface area (Å²) in [5.41, 5.74) is 1.52. The first kappa shape index (κ1) is 15.0. The van der Waals surface area contributed by atoms with Crippen molar-refractivity contribution in [1.29, 1.82) is 5.26 Å². The third-order valence-electron chi connectivity index (χ3n) is 4.05. The molecule has 1 saturated heterocycles. The summed E-state index contributed by atoms with van der Waals surface area (Å²) in [5.74, 6) is 0. The Morgan fingerprint density at radius 2 is 2.40 bits per heavy atom. The maximum absolute atomic E-state index is 8.97. The lowest BCUT2D eigenvalue weighted by molar-refractivity contribution is 0.159. The van der Waals surface area contributed by atoms with Crippen LogP contribution >= 0.6 is 0 Å². The van der Waals surface area contributed by atoms with Crippen molar-refractivity contribution in [3.63, 3.8) is 0 Å². The first-order valence-corrected chi connectivity index (χ1v) is 7.60. The van der Waals surface area contributed by atoms with Crippen LogP contribution in [0.5, 0.6) is 0 Å². The summed E-state index contributed by atoms with van der Waals surface area (Å²) in [6.45, 7) is 6.48. The van der Waals surface area contributed by atoms with Gasteiger partial charge in [0.05, 0.1) is 0 Å². The Morgan fingerprint density at radius 3 is 3.20 bits per heavy atom. The quantitative estimate of drug-likeness (QED) is 0.807. The summed E-state index contributed by atoms with van der Waals surface area (Å²) in [5, 5.41) is 12.4. The number of piperidine rings is 1. The highest BCUT2D eigenvalue weighted by atomic mass is 15.2. The zero-order valence-corrected chi connectivity index (χ0v) is 12.3. The van der Waals surface area contributed by atoms with E-state index in [1.807, 2.05) is 12.1 Å². The van der Waals surface area contributed by atoms with Gasteiger partial charge in [0.1, 0.15) is 11.8 Å². The van der Waals surface area contributed by atoms with Crippen LogP contribution in [0.3, 0.4) is 0 Å². The van der Waals surface area contributed by atoms with Crippen LogP contribution in [0.2, 0.25) is 0 Å². The molecule has 1 unspecified atom stereocenters. The first-order chi connectivity index (χ1) is 9.81. The fourth-order valence-electron chi connectivity index (χ4n) is 2.80. The molecular weight excluding hydrogens is 248 g/mol. The lowest BCUT2D eigenvalue weighted by atomic mass is 10.0. The summed E-state index contributed by atoms with van der Waals surface area (Å²) in [4.78, 5) is 6.66. The molecule has 2 rings (SSSR count). The van der Waals surface area contributed by atoms with Crippen molar-refractivity contribution >= 4 is 0 Å². The van der Waals surface area contributed by atoms with Crippen LogP contribution in [0.4, 0.5) is 0 Å². The van der Waals surface area contributed by atoms with Gasteiger partial charge in [-0.25, -0.2) is 4.98 Å². The highest BCUT2D eigenvalue weighted by Crippen LogP contribution is 2.16. The van der Waals surface area contributed by atoms with E-state index in [9.17, 15) is 0 Å². The third-order valence-corrected chi connectivity index (χ3v) is 4.05. The Balaban J connectivity index is 1.65. The molecular formula is C16H24N4. The van der Waals surface area contributed by atoms with Gasteiger partial charge < -0.3 is 10.2 Å². The van der Waals surface area contributed by atoms with Crippen molar-refractivity contribution in [2.75, 3.05) is 19.6 Å². The SMILES string of the molecule is CC1CCCCN1CCCNCc1cccnc1C#N. The molecule has 1 aromatic heterocycles. The lowest BCUT2D eigenvalue weighted by Gasteiger charge is -2.33. The normalized spacial score (nSPS) is 19.7. The Hall–Kier alpha value is -1.44. The summed E-state index contributed by atoms with van der Waals surface area (Å²) in [7, 11) is 0. The Labute approximate surface area is 121 Å². The van der Waals surface area contributed by atoms with Crippen LogP contribution in [-0.4, -0.2) is 35.6 Å². The summed E-state index contributed by atoms with van der Waals surface area (Å²) < 4.78 is 0. The van der Waals surface area contributed by atoms with Crippen LogP contribution in [0, 0.1) is 11.3 Å². The molecule has 1 aromatic rings. The molecule has 2 heterocycles. The number of nitriles is 1. The van der Waals surface area contributed by atoms with Crippen LogP contribution in [-0.2, 0) is 6.54 Å². The van der Waals surface area contributed by atoms with Crippen LogP contribution in [0.25, 0.3) is 0 Å². The van der Waals surface area contributed by atoms with Crippen LogP contribution in [0.1, 0.15) is 43.9 Å². The smallest absolute Gasteiger partial charge is 0.144 e. The topological polar surface area (TPSA) is 52.0 Å². The molecule has 0 bridgehead atoms. The van der Waals surface area contributed by atoms with E-state index in [2.05, 4.69) is 28.2 Å². The van der Waals surface area contributed by atoms with E-state index >= 15 is 0 Å². The summed E-state index contributed by atoms with van der Waals surface area (Å²) in [6.07, 6.45) is 6.90. The number of likely N-dealkylation sites (tertiary alicyclic amines) is 1. The molecule has 1 N–H and O–H groups in total. The molecule has 0 saturated carbocycles. The zero-order chi connectivity index (χ0) is 14.2. The summed E-state index contributed by atoms with van der Waals surface area (Å²) in [6, 6.07) is 6.72. The van der Waals surface area contributed by atoms with E-state index in [0.717, 1.165) is 31.1 Å². The largest absolute Gasteiger partial charge is 0.313 e. The molecule has 1 atom stereocenters. The maximum atomic E-state index is 8.97. The monoisotopic (exact) mass is 272 g/mol. The van der Waals surface area contributed by atoms with E-state index in [0.29, 0.717) is 5.69 Å². The molecule has 1 fully saturated rings. The second-order valence-electron chi connectivity index (χ2n) is 5.53. The van der Waals surface area contributed by atoms with Gasteiger partial charge in [0.2, 0.25) is 0 Å². The Morgan fingerprint density at radius 1 is 1.50 bits per heavy atom. The van der Waals surface area contributed by atoms with Gasteiger partial charge >= 0.3 is 0 Å². The molecule has 0 spiro atoms. The number of rotatable bonds is 6. The maximum Gasteiger partial charge on any atom is 0.144 e. The number of hydrogen-bond acceptors (Lipinski definition) is 4. The second kappa shape index (κ2) is 7.98. The molecule has 20 heavy (non-hydrogen) atoms. The van der Waals surface area contributed by atoms with E-state index in [1.54, 1.807) is 6.20 Å². The predicted octanol–water partition coefficient (Wildman–Crippen LogP) is 2.31. The second-order valence-corrected chi connectivity index (χ2v) is 5.53. The van der Waals surface area contributed by atoms with Gasteiger partial charge in [-0.05, 0) is 51.9 Å². The van der Waals surface area contributed by atoms with Gasteiger partial charge in [0.25, 0.3) is 0 Å². The third kappa shape index (κ3) is 4.29. The molecule has 0 aliphatic carbocycles. The van der Waals surface area contributed by atoms with Gasteiger partial charge in [-0.3, -0.25) is 0 Å². The van der Waals surface area contributed by atoms with Crippen molar-refractivity contribution in [3.05, 3.63) is 29.6 Å². The first-order valence-electron chi connectivity index (χ1n) is 7.60. The van der Waals surface area contributed by atoms with Gasteiger partial charge in [-0.15, -0.1) is 0 Å². The Kier molecular flexibility index (Phi) is 5.97. The standard InChI is InChI=1S/C16H24N4/c1-14-6-2-3-10-20(14)11-5-8-18-13-15-7-4-9-19-16(15)12-17/h4,7,9,14,18H,2-3,5-6,8,10-11,13H2,1H3. The van der Waals surface area contributed by atoms with Crippen molar-refractivity contribution in [1.82, 2.24) is 15.2 Å². The molecule has 4 nitrogen and oxygen atoms in total. The molecule has 0 aromatic carbocycles. The van der Waals surface area contributed by atoms with Crippen molar-refractivity contribution < 1.29 is 0 Å². The average Bonchev–Trinajstić information content (AvgIpc) is 2.49. The molecule has 0 amide bonds. The molecule has 0 radical (unpaired) electrons. The predicted molar refractivity (Wildman–Crippen MR) is 80.2 cm³/mol. The fraction of sp³-hybridized carbons (Fsp3) is 0.625. The van der Waals surface area contributed by atoms with E-state index in [-0.39, 0.29) is 0 Å². The average molecular weight is 272 g/mol. The zero-order valence-electron chi connectivity index (χ0n) is 12.3. The van der Waals surface area contributed by atoms with Crippen molar-refractivity contribution in [2.24, 2.45) is 0 Å². The molecule has 108 valence electrons. The van der Waals surface area contributed by atoms with Gasteiger partial charge in [-0.2, -0.15) is 5.26 Å². The minimum atomic E-state index is 0.532. The number of nitrogens with one attached hydrogen (secondary N) is 1. The van der Waals surface area contributed by atoms with Crippen molar-refractivity contribution in [2.45, 2.75) is 45.2 Å². The highest BCUT2D eigenvalue weighted by Gasteiger charge is 2.16. The van der Waals surface area contributed by atoms with E-state index < -0.39 is 0 Å². The lowest BCUT2D eigenvalue weighted by Crippen LogP contribution is -2.38. The van der Waals surface area contributed by atoms with Crippen LogP contribution < -0.4 is 5.32 Å². The van der Waals surface area contributed by atoms with Crippen molar-refractivity contribution in [3.8, 4) is 6.07 Å². The Bertz CT molecular complexity index is 452. The van der Waals surface area contributed by atoms with Gasteiger partial charge in [0.15, 0.2) is 0 Å².